The molecular formula is C6H8O3. The van der Waals surface area contributed by atoms with Gasteiger partial charge in [-0.2, -0.15) is 0 Å². The van der Waals surface area contributed by atoms with Crippen LogP contribution < -0.4 is 0 Å². The quantitative estimate of drug-likeness (QED) is 0.437. The van der Waals surface area contributed by atoms with Crippen LogP contribution in [-0.4, -0.2) is 16.9 Å². The third-order valence-electron chi connectivity index (χ3n) is 0.985. The van der Waals surface area contributed by atoms with Crippen molar-refractivity contribution < 1.29 is 14.7 Å². The van der Waals surface area contributed by atoms with E-state index in [-0.39, 0.29) is 5.57 Å². The van der Waals surface area contributed by atoms with Gasteiger partial charge in [-0.1, -0.05) is 6.08 Å². The Morgan fingerprint density at radius 3 is 2.00 bits per heavy atom. The van der Waals surface area contributed by atoms with E-state index in [4.69, 9.17) is 5.11 Å². The van der Waals surface area contributed by atoms with Crippen molar-refractivity contribution in [2.75, 3.05) is 0 Å². The smallest absolute Gasteiger partial charge is 0.376 e. The molecule has 0 saturated carbocycles. The number of hydrogen-bond acceptors (Lipinski definition) is 2. The molecule has 50 valence electrons. The summed E-state index contributed by atoms with van der Waals surface area (Å²) in [7, 11) is 0. The molecule has 3 nitrogen and oxygen atoms in total. The zero-order chi connectivity index (χ0) is 7.44. The molecule has 0 aliphatic carbocycles. The molecule has 0 bridgehead atoms. The SMILES string of the molecule is C/C=C(\C)C(=O)C(=O)O. The molecule has 0 aromatic heterocycles. The first-order valence-electron chi connectivity index (χ1n) is 2.50. The van der Waals surface area contributed by atoms with Gasteiger partial charge in [0.1, 0.15) is 0 Å². The fourth-order valence-corrected chi connectivity index (χ4v) is 0.300. The lowest BCUT2D eigenvalue weighted by Crippen LogP contribution is -2.12. The van der Waals surface area contributed by atoms with E-state index >= 15 is 0 Å². The van der Waals surface area contributed by atoms with Crippen LogP contribution in [0.2, 0.25) is 0 Å². The molecule has 1 N–H and O–H groups in total. The fraction of sp³-hybridized carbons (Fsp3) is 0.333. The summed E-state index contributed by atoms with van der Waals surface area (Å²) < 4.78 is 0. The monoisotopic (exact) mass is 128 g/mol. The minimum atomic E-state index is -1.40. The molecule has 0 aromatic carbocycles. The summed E-state index contributed by atoms with van der Waals surface area (Å²) in [6.45, 7) is 3.09. The van der Waals surface area contributed by atoms with Gasteiger partial charge in [-0.15, -0.1) is 0 Å². The van der Waals surface area contributed by atoms with Gasteiger partial charge in [0, 0.05) is 0 Å². The Hall–Kier alpha value is -1.12. The first kappa shape index (κ1) is 7.88. The summed E-state index contributed by atoms with van der Waals surface area (Å²) in [5.41, 5.74) is 0.266. The molecule has 0 aliphatic rings. The number of Topliss-reactive ketones (excluding diaryl/α,β-unsaturated/α-hetero) is 1. The summed E-state index contributed by atoms with van der Waals surface area (Å²) >= 11 is 0. The second-order valence-corrected chi connectivity index (χ2v) is 1.61. The molecule has 0 fully saturated rings. The lowest BCUT2D eigenvalue weighted by atomic mass is 10.2. The van der Waals surface area contributed by atoms with E-state index in [2.05, 4.69) is 0 Å². The lowest BCUT2D eigenvalue weighted by molar-refractivity contribution is -0.147. The largest absolute Gasteiger partial charge is 0.475 e. The van der Waals surface area contributed by atoms with Crippen molar-refractivity contribution in [2.45, 2.75) is 13.8 Å². The van der Waals surface area contributed by atoms with Gasteiger partial charge in [-0.25, -0.2) is 4.79 Å². The fourth-order valence-electron chi connectivity index (χ4n) is 0.300. The van der Waals surface area contributed by atoms with E-state index in [1.165, 1.54) is 13.0 Å². The molecule has 0 atom stereocenters. The Labute approximate surface area is 53.0 Å². The van der Waals surface area contributed by atoms with Gasteiger partial charge in [0.2, 0.25) is 0 Å². The standard InChI is InChI=1S/C6H8O3/c1-3-4(2)5(7)6(8)9/h3H,1-2H3,(H,8,9)/b4-3+. The highest BCUT2D eigenvalue weighted by Gasteiger charge is 2.11. The maximum atomic E-state index is 10.4. The van der Waals surface area contributed by atoms with Crippen LogP contribution in [0.1, 0.15) is 13.8 Å². The molecule has 0 unspecified atom stereocenters. The summed E-state index contributed by atoms with van der Waals surface area (Å²) in [4.78, 5) is 20.3. The average Bonchev–Trinajstić information content (AvgIpc) is 1.84. The van der Waals surface area contributed by atoms with Crippen molar-refractivity contribution in [3.05, 3.63) is 11.6 Å². The molecule has 0 radical (unpaired) electrons. The molecular weight excluding hydrogens is 120 g/mol. The van der Waals surface area contributed by atoms with Gasteiger partial charge < -0.3 is 5.11 Å². The number of hydrogen-bond donors (Lipinski definition) is 1. The van der Waals surface area contributed by atoms with Gasteiger partial charge in [0.05, 0.1) is 0 Å². The van der Waals surface area contributed by atoms with Crippen molar-refractivity contribution in [2.24, 2.45) is 0 Å². The van der Waals surface area contributed by atoms with Gasteiger partial charge in [0.15, 0.2) is 0 Å². The average molecular weight is 128 g/mol. The maximum Gasteiger partial charge on any atom is 0.376 e. The van der Waals surface area contributed by atoms with Crippen molar-refractivity contribution in [3.8, 4) is 0 Å². The van der Waals surface area contributed by atoms with Crippen LogP contribution in [-0.2, 0) is 9.59 Å². The van der Waals surface area contributed by atoms with E-state index in [0.29, 0.717) is 0 Å². The summed E-state index contributed by atoms with van der Waals surface area (Å²) in [6, 6.07) is 0. The van der Waals surface area contributed by atoms with Crippen molar-refractivity contribution in [1.82, 2.24) is 0 Å². The normalized spacial score (nSPS) is 11.1. The molecule has 0 spiro atoms. The Kier molecular flexibility index (Phi) is 2.64. The highest BCUT2D eigenvalue weighted by Crippen LogP contribution is 1.92. The Morgan fingerprint density at radius 2 is 1.89 bits per heavy atom. The molecule has 0 saturated heterocycles. The number of carbonyl (C=O) groups is 2. The highest BCUT2D eigenvalue weighted by atomic mass is 16.4. The molecule has 0 rings (SSSR count). The lowest BCUT2D eigenvalue weighted by Gasteiger charge is -1.89. The number of allylic oxidation sites excluding steroid dienone is 1. The molecule has 0 aliphatic heterocycles. The van der Waals surface area contributed by atoms with Crippen LogP contribution in [0, 0.1) is 0 Å². The third kappa shape index (κ3) is 2.08. The summed E-state index contributed by atoms with van der Waals surface area (Å²) in [5, 5.41) is 8.09. The Balaban J connectivity index is 4.23. The predicted octanol–water partition coefficient (Wildman–Crippen LogP) is 0.606. The van der Waals surface area contributed by atoms with Crippen molar-refractivity contribution in [3.63, 3.8) is 0 Å². The number of rotatable bonds is 2. The summed E-state index contributed by atoms with van der Waals surface area (Å²) in [5.74, 6) is -2.23. The molecule has 0 amide bonds. The van der Waals surface area contributed by atoms with E-state index in [1.807, 2.05) is 0 Å². The van der Waals surface area contributed by atoms with Gasteiger partial charge in [-0.3, -0.25) is 4.79 Å². The number of carboxylic acids is 1. The zero-order valence-electron chi connectivity index (χ0n) is 5.34. The summed E-state index contributed by atoms with van der Waals surface area (Å²) in [6.07, 6.45) is 1.47. The van der Waals surface area contributed by atoms with Gasteiger partial charge in [0.25, 0.3) is 5.78 Å². The van der Waals surface area contributed by atoms with Gasteiger partial charge >= 0.3 is 5.97 Å². The minimum absolute atomic E-state index is 0.266. The third-order valence-corrected chi connectivity index (χ3v) is 0.985. The first-order valence-corrected chi connectivity index (χ1v) is 2.50. The minimum Gasteiger partial charge on any atom is -0.475 e. The van der Waals surface area contributed by atoms with Crippen LogP contribution >= 0.6 is 0 Å². The molecule has 9 heavy (non-hydrogen) atoms. The van der Waals surface area contributed by atoms with Crippen molar-refractivity contribution >= 4 is 11.8 Å². The second-order valence-electron chi connectivity index (χ2n) is 1.61. The van der Waals surface area contributed by atoms with Crippen LogP contribution in [0.3, 0.4) is 0 Å². The van der Waals surface area contributed by atoms with Crippen LogP contribution in [0.15, 0.2) is 11.6 Å². The zero-order valence-corrected chi connectivity index (χ0v) is 5.34. The van der Waals surface area contributed by atoms with Gasteiger partial charge in [-0.05, 0) is 19.4 Å². The highest BCUT2D eigenvalue weighted by molar-refractivity contribution is 6.39. The van der Waals surface area contributed by atoms with Crippen molar-refractivity contribution in [1.29, 1.82) is 0 Å². The first-order chi connectivity index (χ1) is 4.09. The topological polar surface area (TPSA) is 54.4 Å². The second kappa shape index (κ2) is 3.02. The maximum absolute atomic E-state index is 10.4. The molecule has 0 aromatic rings. The Bertz CT molecular complexity index is 167. The number of aliphatic carboxylic acids is 1. The molecule has 3 heteroatoms. The van der Waals surface area contributed by atoms with E-state index in [0.717, 1.165) is 0 Å². The predicted molar refractivity (Wildman–Crippen MR) is 32.1 cm³/mol. The number of carbonyl (C=O) groups excluding carboxylic acids is 1. The molecule has 0 heterocycles. The van der Waals surface area contributed by atoms with E-state index in [9.17, 15) is 9.59 Å². The Morgan fingerprint density at radius 1 is 1.44 bits per heavy atom. The van der Waals surface area contributed by atoms with Crippen LogP contribution in [0.4, 0.5) is 0 Å². The van der Waals surface area contributed by atoms with Crippen LogP contribution in [0.25, 0.3) is 0 Å². The van der Waals surface area contributed by atoms with E-state index < -0.39 is 11.8 Å². The van der Waals surface area contributed by atoms with E-state index in [1.54, 1.807) is 6.92 Å². The number of ketones is 1. The van der Waals surface area contributed by atoms with Crippen LogP contribution in [0.5, 0.6) is 0 Å². The number of carboxylic acid groups (broad SMARTS) is 1.